The number of rotatable bonds is 6. The van der Waals surface area contributed by atoms with Crippen molar-refractivity contribution in [2.75, 3.05) is 12.3 Å². The molecule has 3 heterocycles. The number of anilines is 1. The van der Waals surface area contributed by atoms with E-state index < -0.39 is 0 Å². The molecule has 0 bridgehead atoms. The molecule has 0 saturated heterocycles. The molecular formula is C25H32N6. The minimum Gasteiger partial charge on any atom is -0.384 e. The predicted molar refractivity (Wildman–Crippen MR) is 128 cm³/mol. The highest BCUT2D eigenvalue weighted by atomic mass is 15.1. The van der Waals surface area contributed by atoms with Gasteiger partial charge in [0.1, 0.15) is 17.2 Å². The van der Waals surface area contributed by atoms with Gasteiger partial charge in [-0.05, 0) is 62.6 Å². The summed E-state index contributed by atoms with van der Waals surface area (Å²) in [5.41, 5.74) is 12.2. The maximum absolute atomic E-state index is 6.07. The summed E-state index contributed by atoms with van der Waals surface area (Å²) in [6.07, 6.45) is 8.05. The van der Waals surface area contributed by atoms with Gasteiger partial charge in [-0.25, -0.2) is 9.97 Å². The van der Waals surface area contributed by atoms with Gasteiger partial charge >= 0.3 is 0 Å². The molecule has 0 unspecified atom stereocenters. The third-order valence-corrected chi connectivity index (χ3v) is 6.55. The van der Waals surface area contributed by atoms with Crippen LogP contribution in [-0.2, 0) is 6.54 Å². The second-order valence-electron chi connectivity index (χ2n) is 8.98. The summed E-state index contributed by atoms with van der Waals surface area (Å²) in [5, 5.41) is 1.23. The van der Waals surface area contributed by atoms with E-state index in [0.717, 1.165) is 46.3 Å². The van der Waals surface area contributed by atoms with Crippen LogP contribution in [0.5, 0.6) is 0 Å². The molecule has 4 N–H and O–H groups in total. The van der Waals surface area contributed by atoms with Crippen molar-refractivity contribution in [3.05, 3.63) is 41.7 Å². The number of benzene rings is 1. The van der Waals surface area contributed by atoms with Gasteiger partial charge in [0.15, 0.2) is 5.65 Å². The Balaban J connectivity index is 1.46. The minimum absolute atomic E-state index is 0.494. The Bertz CT molecular complexity index is 1200. The second-order valence-corrected chi connectivity index (χ2v) is 8.98. The highest BCUT2D eigenvalue weighted by molar-refractivity contribution is 5.95. The molecule has 1 aliphatic carbocycles. The molecule has 31 heavy (non-hydrogen) atoms. The molecule has 5 rings (SSSR count). The summed E-state index contributed by atoms with van der Waals surface area (Å²) in [5.74, 6) is 1.33. The topological polar surface area (TPSA) is 86.6 Å². The average molecular weight is 417 g/mol. The molecule has 0 amide bonds. The Morgan fingerprint density at radius 1 is 1.06 bits per heavy atom. The molecule has 1 aliphatic rings. The molecule has 1 saturated carbocycles. The molecular weight excluding hydrogens is 384 g/mol. The van der Waals surface area contributed by atoms with Gasteiger partial charge in [0.25, 0.3) is 0 Å². The van der Waals surface area contributed by atoms with Gasteiger partial charge in [-0.1, -0.05) is 32.3 Å². The normalized spacial score (nSPS) is 15.5. The smallest absolute Gasteiger partial charge is 0.160 e. The number of nitrogen functional groups attached to an aromatic ring is 1. The Kier molecular flexibility index (Phi) is 5.40. The highest BCUT2D eigenvalue weighted by Crippen LogP contribution is 2.31. The first kappa shape index (κ1) is 20.1. The van der Waals surface area contributed by atoms with Crippen LogP contribution in [0.3, 0.4) is 0 Å². The molecule has 1 fully saturated rings. The molecule has 6 nitrogen and oxygen atoms in total. The van der Waals surface area contributed by atoms with Gasteiger partial charge in [-0.2, -0.15) is 0 Å². The third kappa shape index (κ3) is 4.04. The van der Waals surface area contributed by atoms with Gasteiger partial charge in [0.05, 0.1) is 0 Å². The second kappa shape index (κ2) is 8.35. The van der Waals surface area contributed by atoms with Crippen molar-refractivity contribution in [1.29, 1.82) is 0 Å². The fourth-order valence-electron chi connectivity index (χ4n) is 5.11. The molecule has 6 heteroatoms. The van der Waals surface area contributed by atoms with Crippen molar-refractivity contribution in [2.24, 2.45) is 0 Å². The van der Waals surface area contributed by atoms with Gasteiger partial charge < -0.3 is 15.7 Å². The summed E-state index contributed by atoms with van der Waals surface area (Å²) >= 11 is 0. The van der Waals surface area contributed by atoms with Crippen molar-refractivity contribution in [2.45, 2.75) is 65.0 Å². The largest absolute Gasteiger partial charge is 0.384 e. The van der Waals surface area contributed by atoms with Crippen LogP contribution >= 0.6 is 0 Å². The monoisotopic (exact) mass is 416 g/mol. The number of H-pyrrole nitrogens is 2. The van der Waals surface area contributed by atoms with Crippen LogP contribution in [-0.4, -0.2) is 37.4 Å². The fraction of sp³-hybridized carbons (Fsp3) is 0.440. The molecule has 0 aliphatic heterocycles. The van der Waals surface area contributed by atoms with Crippen LogP contribution in [0.25, 0.3) is 33.3 Å². The first-order valence-electron chi connectivity index (χ1n) is 11.6. The van der Waals surface area contributed by atoms with Crippen LogP contribution in [0.2, 0.25) is 0 Å². The number of nitrogens with zero attached hydrogens (tertiary/aromatic N) is 3. The van der Waals surface area contributed by atoms with Crippen molar-refractivity contribution in [1.82, 2.24) is 24.8 Å². The van der Waals surface area contributed by atoms with E-state index in [1.807, 2.05) is 13.0 Å². The van der Waals surface area contributed by atoms with E-state index >= 15 is 0 Å². The van der Waals surface area contributed by atoms with E-state index in [-0.39, 0.29) is 0 Å². The molecule has 3 aromatic heterocycles. The standard InChI is InChI=1S/C25H32N6/c1-3-11-31(19-7-5-4-6-8-19)15-17-9-10-21-18(12-17)13-22(29-21)20-14-23(26)30-25-24(20)27-16(2)28-25/h9-10,12-14,19,29H,3-8,11,15H2,1-2H3,(H3,26,27,28,30). The summed E-state index contributed by atoms with van der Waals surface area (Å²) < 4.78 is 0. The molecule has 4 aromatic rings. The first-order chi connectivity index (χ1) is 15.1. The maximum Gasteiger partial charge on any atom is 0.160 e. The van der Waals surface area contributed by atoms with Crippen molar-refractivity contribution in [3.63, 3.8) is 0 Å². The summed E-state index contributed by atoms with van der Waals surface area (Å²) in [7, 11) is 0. The number of aryl methyl sites for hydroxylation is 1. The Labute approximate surface area is 183 Å². The average Bonchev–Trinajstić information content (AvgIpc) is 3.35. The minimum atomic E-state index is 0.494. The number of aromatic nitrogens is 4. The van der Waals surface area contributed by atoms with Crippen molar-refractivity contribution >= 4 is 27.9 Å². The maximum atomic E-state index is 6.07. The number of imidazole rings is 1. The molecule has 0 radical (unpaired) electrons. The van der Waals surface area contributed by atoms with Crippen molar-refractivity contribution < 1.29 is 0 Å². The quantitative estimate of drug-likeness (QED) is 0.385. The number of aromatic amines is 2. The lowest BCUT2D eigenvalue weighted by atomic mass is 9.93. The zero-order valence-electron chi connectivity index (χ0n) is 18.5. The zero-order valence-corrected chi connectivity index (χ0v) is 18.5. The molecule has 162 valence electrons. The fourth-order valence-corrected chi connectivity index (χ4v) is 5.11. The number of nitrogens with two attached hydrogens (primary N) is 1. The van der Waals surface area contributed by atoms with Gasteiger partial charge in [0, 0.05) is 34.7 Å². The summed E-state index contributed by atoms with van der Waals surface area (Å²) in [6, 6.07) is 11.7. The number of hydrogen-bond donors (Lipinski definition) is 3. The number of pyridine rings is 1. The number of hydrogen-bond acceptors (Lipinski definition) is 4. The lowest BCUT2D eigenvalue weighted by Crippen LogP contribution is -2.36. The van der Waals surface area contributed by atoms with E-state index in [0.29, 0.717) is 5.82 Å². The van der Waals surface area contributed by atoms with Crippen molar-refractivity contribution in [3.8, 4) is 11.3 Å². The van der Waals surface area contributed by atoms with E-state index in [1.54, 1.807) is 0 Å². The Hall–Kier alpha value is -2.86. The lowest BCUT2D eigenvalue weighted by Gasteiger charge is -2.34. The van der Waals surface area contributed by atoms with E-state index in [1.165, 1.54) is 56.0 Å². The summed E-state index contributed by atoms with van der Waals surface area (Å²) in [4.78, 5) is 18.5. The predicted octanol–water partition coefficient (Wildman–Crippen LogP) is 5.54. The van der Waals surface area contributed by atoms with E-state index in [9.17, 15) is 0 Å². The zero-order chi connectivity index (χ0) is 21.4. The third-order valence-electron chi connectivity index (χ3n) is 6.55. The molecule has 0 atom stereocenters. The van der Waals surface area contributed by atoms with Crippen LogP contribution in [0, 0.1) is 6.92 Å². The van der Waals surface area contributed by atoms with Gasteiger partial charge in [-0.3, -0.25) is 4.90 Å². The van der Waals surface area contributed by atoms with E-state index in [2.05, 4.69) is 56.0 Å². The van der Waals surface area contributed by atoms with Crippen LogP contribution in [0.4, 0.5) is 5.82 Å². The van der Waals surface area contributed by atoms with Gasteiger partial charge in [0.2, 0.25) is 0 Å². The SMILES string of the molecule is CCCN(Cc1ccc2[nH]c(-c3cc(N)nc4[nH]c(C)nc34)cc2c1)C1CCCCC1. The van der Waals surface area contributed by atoms with Crippen LogP contribution in [0.1, 0.15) is 56.8 Å². The van der Waals surface area contributed by atoms with Gasteiger partial charge in [-0.15, -0.1) is 0 Å². The lowest BCUT2D eigenvalue weighted by molar-refractivity contribution is 0.148. The molecule has 1 aromatic carbocycles. The van der Waals surface area contributed by atoms with E-state index in [4.69, 9.17) is 5.73 Å². The Morgan fingerprint density at radius 3 is 2.71 bits per heavy atom. The van der Waals surface area contributed by atoms with Crippen LogP contribution < -0.4 is 5.73 Å². The highest BCUT2D eigenvalue weighted by Gasteiger charge is 2.21. The molecule has 0 spiro atoms. The van der Waals surface area contributed by atoms with Crippen LogP contribution in [0.15, 0.2) is 30.3 Å². The Morgan fingerprint density at radius 2 is 1.90 bits per heavy atom. The number of nitrogens with one attached hydrogen (secondary N) is 2. The first-order valence-corrected chi connectivity index (χ1v) is 11.6. The summed E-state index contributed by atoms with van der Waals surface area (Å²) in [6.45, 7) is 6.43. The number of fused-ring (bicyclic) bond motifs is 2.